The molecule has 0 unspecified atom stereocenters. The minimum absolute atomic E-state index is 0.0875. The van der Waals surface area contributed by atoms with E-state index in [9.17, 15) is 22.8 Å². The average Bonchev–Trinajstić information content (AvgIpc) is 2.54. The normalized spacial score (nSPS) is 15.1. The molecule has 0 radical (unpaired) electrons. The number of halogens is 4. The first-order chi connectivity index (χ1) is 8.81. The zero-order valence-electron chi connectivity index (χ0n) is 9.33. The second-order valence-electron chi connectivity index (χ2n) is 3.72. The molecule has 1 amide bonds. The zero-order valence-corrected chi connectivity index (χ0v) is 10.1. The number of benzene rings is 1. The molecule has 0 saturated carbocycles. The maximum absolute atomic E-state index is 11.9. The SMILES string of the molecule is O=C1C(=O)N(CCOC(F)(F)F)c2c(Cl)cccc21. The van der Waals surface area contributed by atoms with Gasteiger partial charge in [-0.25, -0.2) is 0 Å². The Morgan fingerprint density at radius 1 is 1.26 bits per heavy atom. The lowest BCUT2D eigenvalue weighted by Gasteiger charge is -2.17. The van der Waals surface area contributed by atoms with Gasteiger partial charge in [0.05, 0.1) is 29.4 Å². The summed E-state index contributed by atoms with van der Waals surface area (Å²) in [6.45, 7) is -1.17. The highest BCUT2D eigenvalue weighted by molar-refractivity contribution is 6.54. The maximum atomic E-state index is 11.9. The maximum Gasteiger partial charge on any atom is 0.522 e. The third kappa shape index (κ3) is 2.71. The van der Waals surface area contributed by atoms with Gasteiger partial charge in [-0.1, -0.05) is 17.7 Å². The summed E-state index contributed by atoms with van der Waals surface area (Å²) in [5, 5.41) is 0.128. The van der Waals surface area contributed by atoms with E-state index >= 15 is 0 Å². The molecule has 1 aliphatic heterocycles. The van der Waals surface area contributed by atoms with Crippen molar-refractivity contribution in [1.29, 1.82) is 0 Å². The molecule has 0 aromatic heterocycles. The van der Waals surface area contributed by atoms with Gasteiger partial charge in [0, 0.05) is 0 Å². The molecule has 0 atom stereocenters. The van der Waals surface area contributed by atoms with Crippen LogP contribution >= 0.6 is 11.6 Å². The van der Waals surface area contributed by atoms with Crippen molar-refractivity contribution in [2.45, 2.75) is 6.36 Å². The highest BCUT2D eigenvalue weighted by atomic mass is 35.5. The lowest BCUT2D eigenvalue weighted by Crippen LogP contribution is -2.34. The predicted octanol–water partition coefficient (Wildman–Crippen LogP) is 2.41. The van der Waals surface area contributed by atoms with Crippen LogP contribution in [0.1, 0.15) is 10.4 Å². The summed E-state index contributed by atoms with van der Waals surface area (Å²) in [6, 6.07) is 4.33. The molecule has 0 aliphatic carbocycles. The summed E-state index contributed by atoms with van der Waals surface area (Å²) in [5.41, 5.74) is 0.217. The Kier molecular flexibility index (Phi) is 3.51. The first-order valence-electron chi connectivity index (χ1n) is 5.16. The number of fused-ring (bicyclic) bond motifs is 1. The van der Waals surface area contributed by atoms with Gasteiger partial charge in [0.1, 0.15) is 0 Å². The Morgan fingerprint density at radius 3 is 2.58 bits per heavy atom. The van der Waals surface area contributed by atoms with Crippen molar-refractivity contribution in [3.8, 4) is 0 Å². The van der Waals surface area contributed by atoms with Crippen LogP contribution in [0.15, 0.2) is 18.2 Å². The van der Waals surface area contributed by atoms with E-state index in [0.29, 0.717) is 0 Å². The largest absolute Gasteiger partial charge is 0.522 e. The molecule has 1 heterocycles. The molecule has 0 saturated heterocycles. The minimum atomic E-state index is -4.78. The molecule has 2 rings (SSSR count). The number of hydrogen-bond donors (Lipinski definition) is 0. The Morgan fingerprint density at radius 2 is 1.95 bits per heavy atom. The molecule has 102 valence electrons. The van der Waals surface area contributed by atoms with Crippen LogP contribution in [0.25, 0.3) is 0 Å². The molecule has 4 nitrogen and oxygen atoms in total. The van der Waals surface area contributed by atoms with E-state index in [4.69, 9.17) is 11.6 Å². The molecule has 0 fully saturated rings. The van der Waals surface area contributed by atoms with Crippen molar-refractivity contribution in [3.63, 3.8) is 0 Å². The highest BCUT2D eigenvalue weighted by Crippen LogP contribution is 2.35. The summed E-state index contributed by atoms with van der Waals surface area (Å²) in [4.78, 5) is 24.2. The lowest BCUT2D eigenvalue weighted by atomic mass is 10.1. The Hall–Kier alpha value is -1.60. The van der Waals surface area contributed by atoms with Crippen LogP contribution in [0, 0.1) is 0 Å². The first kappa shape index (κ1) is 13.8. The van der Waals surface area contributed by atoms with Crippen molar-refractivity contribution >= 4 is 29.0 Å². The zero-order chi connectivity index (χ0) is 14.2. The summed E-state index contributed by atoms with van der Waals surface area (Å²) in [5.74, 6) is -1.70. The highest BCUT2D eigenvalue weighted by Gasteiger charge is 2.38. The van der Waals surface area contributed by atoms with Crippen LogP contribution in [0.2, 0.25) is 5.02 Å². The molecule has 0 bridgehead atoms. The van der Waals surface area contributed by atoms with Gasteiger partial charge in [-0.15, -0.1) is 13.2 Å². The third-order valence-corrected chi connectivity index (χ3v) is 2.83. The number of ketones is 1. The van der Waals surface area contributed by atoms with E-state index in [1.165, 1.54) is 18.2 Å². The van der Waals surface area contributed by atoms with Gasteiger partial charge >= 0.3 is 6.36 Å². The van der Waals surface area contributed by atoms with E-state index in [0.717, 1.165) is 4.90 Å². The number of Topliss-reactive ketones (excluding diaryl/α,β-unsaturated/α-hetero) is 1. The van der Waals surface area contributed by atoms with E-state index in [2.05, 4.69) is 4.74 Å². The minimum Gasteiger partial charge on any atom is -0.301 e. The molecule has 8 heteroatoms. The third-order valence-electron chi connectivity index (χ3n) is 2.52. The van der Waals surface area contributed by atoms with Crippen LogP contribution in [-0.4, -0.2) is 31.2 Å². The summed E-state index contributed by atoms with van der Waals surface area (Å²) in [6.07, 6.45) is -4.78. The van der Waals surface area contributed by atoms with Crippen molar-refractivity contribution in [3.05, 3.63) is 28.8 Å². The molecule has 1 aromatic carbocycles. The van der Waals surface area contributed by atoms with Gasteiger partial charge in [-0.2, -0.15) is 0 Å². The van der Waals surface area contributed by atoms with Crippen molar-refractivity contribution < 1.29 is 27.5 Å². The standard InChI is InChI=1S/C11H7ClF3NO3/c12-7-3-1-2-6-8(7)16(10(18)9(6)17)4-5-19-11(13,14)15/h1-3H,4-5H2. The topological polar surface area (TPSA) is 46.6 Å². The van der Waals surface area contributed by atoms with Crippen molar-refractivity contribution in [2.24, 2.45) is 0 Å². The number of ether oxygens (including phenoxy) is 1. The number of anilines is 1. The van der Waals surface area contributed by atoms with Gasteiger partial charge in [0.25, 0.3) is 11.7 Å². The Bertz CT molecular complexity index is 544. The summed E-state index contributed by atoms with van der Waals surface area (Å²) >= 11 is 5.85. The van der Waals surface area contributed by atoms with E-state index in [1.807, 2.05) is 0 Å². The number of nitrogens with zero attached hydrogens (tertiary/aromatic N) is 1. The molecule has 1 aromatic rings. The number of amides is 1. The van der Waals surface area contributed by atoms with E-state index < -0.39 is 31.2 Å². The van der Waals surface area contributed by atoms with E-state index in [-0.39, 0.29) is 16.3 Å². The second-order valence-corrected chi connectivity index (χ2v) is 4.12. The number of hydrogen-bond acceptors (Lipinski definition) is 3. The van der Waals surface area contributed by atoms with Gasteiger partial charge in [-0.05, 0) is 12.1 Å². The fourth-order valence-electron chi connectivity index (χ4n) is 1.78. The molecule has 0 N–H and O–H groups in total. The molecule has 19 heavy (non-hydrogen) atoms. The number of carbonyl (C=O) groups is 2. The number of alkyl halides is 3. The molecular formula is C11H7ClF3NO3. The van der Waals surface area contributed by atoms with E-state index in [1.54, 1.807) is 0 Å². The molecule has 1 aliphatic rings. The Labute approximate surface area is 110 Å². The van der Waals surface area contributed by atoms with Crippen molar-refractivity contribution in [2.75, 3.05) is 18.1 Å². The summed E-state index contributed by atoms with van der Waals surface area (Å²) in [7, 11) is 0. The summed E-state index contributed by atoms with van der Waals surface area (Å²) < 4.78 is 39.2. The molecule has 0 spiro atoms. The van der Waals surface area contributed by atoms with Crippen LogP contribution < -0.4 is 4.90 Å². The van der Waals surface area contributed by atoms with Crippen LogP contribution in [0.3, 0.4) is 0 Å². The van der Waals surface area contributed by atoms with Crippen LogP contribution in [0.5, 0.6) is 0 Å². The van der Waals surface area contributed by atoms with Crippen LogP contribution in [0.4, 0.5) is 18.9 Å². The van der Waals surface area contributed by atoms with Gasteiger partial charge < -0.3 is 4.90 Å². The lowest BCUT2D eigenvalue weighted by molar-refractivity contribution is -0.323. The Balaban J connectivity index is 2.19. The fraction of sp³-hybridized carbons (Fsp3) is 0.273. The van der Waals surface area contributed by atoms with Gasteiger partial charge in [0.2, 0.25) is 0 Å². The smallest absolute Gasteiger partial charge is 0.301 e. The van der Waals surface area contributed by atoms with Gasteiger partial charge in [0.15, 0.2) is 0 Å². The predicted molar refractivity (Wildman–Crippen MR) is 60.1 cm³/mol. The quantitative estimate of drug-likeness (QED) is 0.804. The fourth-order valence-corrected chi connectivity index (χ4v) is 2.05. The molecular weight excluding hydrogens is 287 g/mol. The second kappa shape index (κ2) is 4.82. The number of rotatable bonds is 3. The number of carbonyl (C=O) groups excluding carboxylic acids is 2. The van der Waals surface area contributed by atoms with Gasteiger partial charge in [-0.3, -0.25) is 14.3 Å². The van der Waals surface area contributed by atoms with Crippen molar-refractivity contribution in [1.82, 2.24) is 0 Å². The van der Waals surface area contributed by atoms with Crippen LogP contribution in [-0.2, 0) is 9.53 Å². The average molecular weight is 294 g/mol. The number of para-hydroxylation sites is 1. The monoisotopic (exact) mass is 293 g/mol. The first-order valence-corrected chi connectivity index (χ1v) is 5.54.